The number of hydrogen-bond donors (Lipinski definition) is 1. The lowest BCUT2D eigenvalue weighted by Crippen LogP contribution is -2.52. The fraction of sp³-hybridized carbons (Fsp3) is 0.579. The van der Waals surface area contributed by atoms with E-state index in [0.29, 0.717) is 25.0 Å². The summed E-state index contributed by atoms with van der Waals surface area (Å²) >= 11 is 5.56. The lowest BCUT2D eigenvalue weighted by Gasteiger charge is -2.43. The van der Waals surface area contributed by atoms with Crippen molar-refractivity contribution in [3.63, 3.8) is 0 Å². The SMILES string of the molecule is C#CCOC(C)OCCNC(=S)N1CC2CC(C1)c1cccc(=O)n1C2. The van der Waals surface area contributed by atoms with Crippen molar-refractivity contribution in [2.24, 2.45) is 5.92 Å². The van der Waals surface area contributed by atoms with E-state index >= 15 is 0 Å². The molecule has 0 saturated carbocycles. The number of nitrogens with one attached hydrogen (secondary N) is 1. The first kappa shape index (κ1) is 18.9. The van der Waals surface area contributed by atoms with Gasteiger partial charge in [0.05, 0.1) is 6.61 Å². The van der Waals surface area contributed by atoms with Crippen LogP contribution >= 0.6 is 12.2 Å². The molecule has 0 amide bonds. The maximum atomic E-state index is 12.1. The van der Waals surface area contributed by atoms with E-state index < -0.39 is 0 Å². The Hall–Kier alpha value is -1.88. The molecule has 0 radical (unpaired) electrons. The van der Waals surface area contributed by atoms with Gasteiger partial charge in [-0.15, -0.1) is 6.42 Å². The van der Waals surface area contributed by atoms with Gasteiger partial charge in [0.15, 0.2) is 11.4 Å². The minimum Gasteiger partial charge on any atom is -0.360 e. The highest BCUT2D eigenvalue weighted by Gasteiger charge is 2.35. The van der Waals surface area contributed by atoms with Crippen LogP contribution in [0.15, 0.2) is 23.0 Å². The van der Waals surface area contributed by atoms with Crippen LogP contribution in [0, 0.1) is 18.3 Å². The van der Waals surface area contributed by atoms with Crippen LogP contribution in [-0.4, -0.2) is 53.7 Å². The number of aromatic nitrogens is 1. The molecule has 0 aromatic carbocycles. The number of terminal acetylenes is 1. The van der Waals surface area contributed by atoms with Gasteiger partial charge in [-0.25, -0.2) is 0 Å². The van der Waals surface area contributed by atoms with Crippen LogP contribution in [0.5, 0.6) is 0 Å². The molecule has 3 atom stereocenters. The summed E-state index contributed by atoms with van der Waals surface area (Å²) in [7, 11) is 0. The smallest absolute Gasteiger partial charge is 0.250 e. The van der Waals surface area contributed by atoms with E-state index in [-0.39, 0.29) is 18.5 Å². The lowest BCUT2D eigenvalue weighted by molar-refractivity contribution is -0.119. The van der Waals surface area contributed by atoms with Gasteiger partial charge in [0, 0.05) is 43.9 Å². The number of nitrogens with zero attached hydrogens (tertiary/aromatic N) is 2. The predicted molar refractivity (Wildman–Crippen MR) is 104 cm³/mol. The molecule has 1 aromatic heterocycles. The van der Waals surface area contributed by atoms with E-state index in [0.717, 1.165) is 36.9 Å². The molecule has 140 valence electrons. The molecule has 1 fully saturated rings. The van der Waals surface area contributed by atoms with Crippen LogP contribution < -0.4 is 10.9 Å². The van der Waals surface area contributed by atoms with Crippen LogP contribution in [0.25, 0.3) is 0 Å². The molecule has 3 unspecified atom stereocenters. The maximum absolute atomic E-state index is 12.1. The second-order valence-electron chi connectivity index (χ2n) is 6.79. The zero-order valence-electron chi connectivity index (χ0n) is 15.0. The second kappa shape index (κ2) is 8.67. The van der Waals surface area contributed by atoms with Crippen molar-refractivity contribution in [3.8, 4) is 12.3 Å². The molecule has 26 heavy (non-hydrogen) atoms. The van der Waals surface area contributed by atoms with Crippen molar-refractivity contribution in [1.29, 1.82) is 0 Å². The van der Waals surface area contributed by atoms with Crippen LogP contribution in [0.3, 0.4) is 0 Å². The third kappa shape index (κ3) is 4.44. The minimum absolute atomic E-state index is 0.102. The Morgan fingerprint density at radius 2 is 2.27 bits per heavy atom. The standard InChI is InChI=1S/C19H25N3O3S/c1-3-8-24-14(2)25-9-7-20-19(26)21-11-15-10-16(13-21)17-5-4-6-18(23)22(17)12-15/h1,4-6,14-16H,7-13H2,2H3,(H,20,26). The average molecular weight is 375 g/mol. The Kier molecular flexibility index (Phi) is 6.30. The summed E-state index contributed by atoms with van der Waals surface area (Å²) in [6.07, 6.45) is 5.94. The number of piperidine rings is 1. The van der Waals surface area contributed by atoms with Gasteiger partial charge in [-0.05, 0) is 37.5 Å². The summed E-state index contributed by atoms with van der Waals surface area (Å²) in [5.41, 5.74) is 1.23. The topological polar surface area (TPSA) is 55.7 Å². The van der Waals surface area contributed by atoms with Crippen LogP contribution in [0.4, 0.5) is 0 Å². The third-order valence-electron chi connectivity index (χ3n) is 4.90. The van der Waals surface area contributed by atoms with E-state index in [1.807, 2.05) is 17.6 Å². The van der Waals surface area contributed by atoms with Gasteiger partial charge in [-0.1, -0.05) is 12.0 Å². The van der Waals surface area contributed by atoms with Gasteiger partial charge in [-0.2, -0.15) is 0 Å². The first-order valence-corrected chi connectivity index (χ1v) is 9.38. The number of pyridine rings is 1. The molecule has 0 spiro atoms. The molecule has 2 aliphatic rings. The highest BCUT2D eigenvalue weighted by atomic mass is 32.1. The maximum Gasteiger partial charge on any atom is 0.250 e. The molecular weight excluding hydrogens is 350 g/mol. The summed E-state index contributed by atoms with van der Waals surface area (Å²) < 4.78 is 12.7. The normalized spacial score (nSPS) is 22.2. The van der Waals surface area contributed by atoms with Crippen LogP contribution in [0.1, 0.15) is 25.0 Å². The highest BCUT2D eigenvalue weighted by Crippen LogP contribution is 2.34. The molecule has 3 rings (SSSR count). The minimum atomic E-state index is -0.328. The van der Waals surface area contributed by atoms with Crippen LogP contribution in [0.2, 0.25) is 0 Å². The van der Waals surface area contributed by atoms with Gasteiger partial charge in [-0.3, -0.25) is 4.79 Å². The van der Waals surface area contributed by atoms with E-state index in [1.54, 1.807) is 6.07 Å². The summed E-state index contributed by atoms with van der Waals surface area (Å²) in [5.74, 6) is 3.22. The summed E-state index contributed by atoms with van der Waals surface area (Å²) in [4.78, 5) is 14.3. The molecular formula is C19H25N3O3S. The molecule has 7 heteroatoms. The third-order valence-corrected chi connectivity index (χ3v) is 5.30. The average Bonchev–Trinajstić information content (AvgIpc) is 2.64. The van der Waals surface area contributed by atoms with E-state index in [9.17, 15) is 4.79 Å². The van der Waals surface area contributed by atoms with Gasteiger partial charge in [0.1, 0.15) is 6.61 Å². The zero-order chi connectivity index (χ0) is 18.5. The Bertz CT molecular complexity index is 742. The van der Waals surface area contributed by atoms with E-state index in [1.165, 1.54) is 0 Å². The summed E-state index contributed by atoms with van der Waals surface area (Å²) in [5, 5.41) is 4.00. The number of thiocarbonyl (C=S) groups is 1. The second-order valence-corrected chi connectivity index (χ2v) is 7.18. The molecule has 1 N–H and O–H groups in total. The van der Waals surface area contributed by atoms with Crippen molar-refractivity contribution in [1.82, 2.24) is 14.8 Å². The zero-order valence-corrected chi connectivity index (χ0v) is 15.8. The molecule has 0 aliphatic carbocycles. The first-order valence-electron chi connectivity index (χ1n) is 8.97. The molecule has 6 nitrogen and oxygen atoms in total. The van der Waals surface area contributed by atoms with Crippen molar-refractivity contribution >= 4 is 17.3 Å². The Labute approximate surface area is 159 Å². The number of likely N-dealkylation sites (tertiary alicyclic amines) is 1. The molecule has 2 aliphatic heterocycles. The fourth-order valence-corrected chi connectivity index (χ4v) is 4.02. The lowest BCUT2D eigenvalue weighted by atomic mass is 9.83. The van der Waals surface area contributed by atoms with E-state index in [2.05, 4.69) is 22.2 Å². The van der Waals surface area contributed by atoms with Crippen LogP contribution in [-0.2, 0) is 16.0 Å². The van der Waals surface area contributed by atoms with E-state index in [4.69, 9.17) is 28.1 Å². The highest BCUT2D eigenvalue weighted by molar-refractivity contribution is 7.80. The first-order chi connectivity index (χ1) is 12.6. The van der Waals surface area contributed by atoms with Gasteiger partial charge in [0.2, 0.25) is 0 Å². The number of fused-ring (bicyclic) bond motifs is 4. The van der Waals surface area contributed by atoms with Gasteiger partial charge < -0.3 is 24.3 Å². The Morgan fingerprint density at radius 1 is 1.42 bits per heavy atom. The van der Waals surface area contributed by atoms with Gasteiger partial charge in [0.25, 0.3) is 5.56 Å². The monoisotopic (exact) mass is 375 g/mol. The van der Waals surface area contributed by atoms with Gasteiger partial charge >= 0.3 is 0 Å². The molecule has 1 aromatic rings. The van der Waals surface area contributed by atoms with Crippen molar-refractivity contribution in [2.45, 2.75) is 32.1 Å². The molecule has 1 saturated heterocycles. The number of ether oxygens (including phenoxy) is 2. The fourth-order valence-electron chi connectivity index (χ4n) is 3.77. The van der Waals surface area contributed by atoms with Crippen molar-refractivity contribution in [2.75, 3.05) is 32.8 Å². The summed E-state index contributed by atoms with van der Waals surface area (Å²) in [6.45, 7) is 5.67. The molecule has 2 bridgehead atoms. The Balaban J connectivity index is 1.49. The Morgan fingerprint density at radius 3 is 3.08 bits per heavy atom. The summed E-state index contributed by atoms with van der Waals surface area (Å²) in [6, 6.07) is 5.56. The molecule has 3 heterocycles. The predicted octanol–water partition coefficient (Wildman–Crippen LogP) is 1.15. The van der Waals surface area contributed by atoms with Crippen molar-refractivity contribution < 1.29 is 9.47 Å². The largest absolute Gasteiger partial charge is 0.360 e. The number of hydrogen-bond acceptors (Lipinski definition) is 4. The number of rotatable bonds is 6. The quantitative estimate of drug-likeness (QED) is 0.348. The van der Waals surface area contributed by atoms with Crippen molar-refractivity contribution in [3.05, 3.63) is 34.2 Å².